The molecule has 8 heteroatoms. The number of carbonyl (C=O) groups is 1. The highest BCUT2D eigenvalue weighted by molar-refractivity contribution is 7.89. The fourth-order valence-electron chi connectivity index (χ4n) is 4.79. The summed E-state index contributed by atoms with van der Waals surface area (Å²) in [6, 6.07) is 19.6. The van der Waals surface area contributed by atoms with Crippen molar-refractivity contribution in [2.75, 3.05) is 24.9 Å². The van der Waals surface area contributed by atoms with Gasteiger partial charge in [-0.25, -0.2) is 12.7 Å². The van der Waals surface area contributed by atoms with Crippen molar-refractivity contribution in [3.63, 3.8) is 0 Å². The first kappa shape index (κ1) is 25.3. The second-order valence-corrected chi connectivity index (χ2v) is 12.1. The number of aryl methyl sites for hydroxylation is 1. The van der Waals surface area contributed by atoms with E-state index in [2.05, 4.69) is 5.32 Å². The van der Waals surface area contributed by atoms with Gasteiger partial charge in [-0.15, -0.1) is 0 Å². The van der Waals surface area contributed by atoms with E-state index in [1.54, 1.807) is 7.05 Å². The smallest absolute Gasteiger partial charge is 0.235 e. The predicted octanol–water partition coefficient (Wildman–Crippen LogP) is 5.23. The number of benzene rings is 3. The molecule has 1 aliphatic heterocycles. The third-order valence-corrected chi connectivity index (χ3v) is 9.22. The van der Waals surface area contributed by atoms with Gasteiger partial charge in [-0.1, -0.05) is 43.3 Å². The Kier molecular flexibility index (Phi) is 6.72. The maximum absolute atomic E-state index is 13.4. The van der Waals surface area contributed by atoms with Crippen LogP contribution in [0, 0.1) is 6.92 Å². The van der Waals surface area contributed by atoms with Gasteiger partial charge in [0.05, 0.1) is 11.2 Å². The van der Waals surface area contributed by atoms with Crippen LogP contribution in [0.25, 0.3) is 11.1 Å². The molecule has 0 aromatic heterocycles. The summed E-state index contributed by atoms with van der Waals surface area (Å²) in [6.45, 7) is 4.44. The lowest BCUT2D eigenvalue weighted by Gasteiger charge is -2.18. The zero-order valence-corrected chi connectivity index (χ0v) is 22.2. The molecule has 7 nitrogen and oxygen atoms in total. The van der Waals surface area contributed by atoms with E-state index in [4.69, 9.17) is 9.47 Å². The molecule has 0 atom stereocenters. The van der Waals surface area contributed by atoms with Crippen molar-refractivity contribution in [2.45, 2.75) is 45.1 Å². The minimum atomic E-state index is -3.25. The highest BCUT2D eigenvalue weighted by Gasteiger charge is 2.51. The molecule has 194 valence electrons. The Morgan fingerprint density at radius 2 is 1.73 bits per heavy atom. The molecule has 1 heterocycles. The van der Waals surface area contributed by atoms with E-state index in [-0.39, 0.29) is 18.5 Å². The van der Waals surface area contributed by atoms with Crippen LogP contribution in [-0.2, 0) is 26.8 Å². The van der Waals surface area contributed by atoms with E-state index in [0.717, 1.165) is 46.3 Å². The van der Waals surface area contributed by atoms with Crippen LogP contribution in [0.2, 0.25) is 0 Å². The lowest BCUT2D eigenvalue weighted by atomic mass is 9.94. The molecule has 5 rings (SSSR count). The molecule has 0 bridgehead atoms. The number of ether oxygens (including phenoxy) is 2. The molecular formula is C29H32N2O5S. The number of sulfonamides is 1. The minimum absolute atomic E-state index is 0.0205. The Morgan fingerprint density at radius 3 is 2.43 bits per heavy atom. The number of fused-ring (bicyclic) bond motifs is 1. The first-order valence-corrected chi connectivity index (χ1v) is 14.2. The van der Waals surface area contributed by atoms with E-state index in [9.17, 15) is 13.2 Å². The SMILES string of the molecule is CCCS(=O)(=O)N(C)Cc1ccc(-c2cc(NC(=O)C3(c4ccc5c(c4)OCO5)CC3)ccc2C)cc1. The summed E-state index contributed by atoms with van der Waals surface area (Å²) in [4.78, 5) is 13.4. The van der Waals surface area contributed by atoms with Gasteiger partial charge in [0.15, 0.2) is 11.5 Å². The second kappa shape index (κ2) is 9.84. The maximum atomic E-state index is 13.4. The number of hydrogen-bond donors (Lipinski definition) is 1. The van der Waals surface area contributed by atoms with Crippen molar-refractivity contribution in [3.05, 3.63) is 77.4 Å². The van der Waals surface area contributed by atoms with Crippen LogP contribution < -0.4 is 14.8 Å². The Bertz CT molecular complexity index is 1430. The molecule has 3 aromatic rings. The molecule has 1 amide bonds. The second-order valence-electron chi connectivity index (χ2n) is 9.90. The van der Waals surface area contributed by atoms with Crippen molar-refractivity contribution < 1.29 is 22.7 Å². The van der Waals surface area contributed by atoms with Gasteiger partial charge >= 0.3 is 0 Å². The summed E-state index contributed by atoms with van der Waals surface area (Å²) in [5.74, 6) is 1.53. The van der Waals surface area contributed by atoms with Crippen molar-refractivity contribution in [2.24, 2.45) is 0 Å². The molecule has 1 fully saturated rings. The van der Waals surface area contributed by atoms with Gasteiger partial charge in [0.1, 0.15) is 0 Å². The summed E-state index contributed by atoms with van der Waals surface area (Å²) < 4.78 is 36.9. The van der Waals surface area contributed by atoms with Crippen LogP contribution in [0.3, 0.4) is 0 Å². The normalized spacial score (nSPS) is 15.6. The predicted molar refractivity (Wildman–Crippen MR) is 144 cm³/mol. The molecule has 3 aromatic carbocycles. The van der Waals surface area contributed by atoms with Crippen LogP contribution in [0.1, 0.15) is 42.9 Å². The molecule has 37 heavy (non-hydrogen) atoms. The number of anilines is 1. The Balaban J connectivity index is 1.31. The zero-order valence-electron chi connectivity index (χ0n) is 21.4. The molecule has 0 unspecified atom stereocenters. The van der Waals surface area contributed by atoms with E-state index in [0.29, 0.717) is 24.5 Å². The number of rotatable bonds is 9. The van der Waals surface area contributed by atoms with Crippen molar-refractivity contribution in [1.29, 1.82) is 0 Å². The average molecular weight is 521 g/mol. The number of nitrogens with zero attached hydrogens (tertiary/aromatic N) is 1. The number of carbonyl (C=O) groups excluding carboxylic acids is 1. The number of nitrogens with one attached hydrogen (secondary N) is 1. The quantitative estimate of drug-likeness (QED) is 0.418. The highest BCUT2D eigenvalue weighted by Crippen LogP contribution is 2.51. The van der Waals surface area contributed by atoms with Crippen molar-refractivity contribution in [3.8, 4) is 22.6 Å². The van der Waals surface area contributed by atoms with Crippen LogP contribution in [0.5, 0.6) is 11.5 Å². The topological polar surface area (TPSA) is 84.9 Å². The Hall–Kier alpha value is -3.36. The molecule has 1 saturated carbocycles. The van der Waals surface area contributed by atoms with Gasteiger partial charge in [0, 0.05) is 19.3 Å². The van der Waals surface area contributed by atoms with Gasteiger partial charge < -0.3 is 14.8 Å². The third-order valence-electron chi connectivity index (χ3n) is 7.21. The molecule has 0 radical (unpaired) electrons. The lowest BCUT2D eigenvalue weighted by Crippen LogP contribution is -2.28. The first-order chi connectivity index (χ1) is 17.7. The van der Waals surface area contributed by atoms with E-state index in [1.165, 1.54) is 4.31 Å². The zero-order chi connectivity index (χ0) is 26.2. The third kappa shape index (κ3) is 5.08. The Labute approximate surface area is 218 Å². The standard InChI is InChI=1S/C29H32N2O5S/c1-4-15-37(33,34)31(3)18-21-6-8-22(9-7-21)25-17-24(11-5-20(25)2)30-28(32)29(13-14-29)23-10-12-26-27(16-23)36-19-35-26/h5-12,16-17H,4,13-15,18-19H2,1-3H3,(H,30,32). The Morgan fingerprint density at radius 1 is 1.00 bits per heavy atom. The monoisotopic (exact) mass is 520 g/mol. The largest absolute Gasteiger partial charge is 0.454 e. The molecule has 0 saturated heterocycles. The number of hydrogen-bond acceptors (Lipinski definition) is 5. The van der Waals surface area contributed by atoms with Gasteiger partial charge in [0.2, 0.25) is 22.7 Å². The van der Waals surface area contributed by atoms with E-state index < -0.39 is 15.4 Å². The van der Waals surface area contributed by atoms with Gasteiger partial charge in [-0.3, -0.25) is 4.79 Å². The van der Waals surface area contributed by atoms with Crippen LogP contribution in [0.15, 0.2) is 60.7 Å². The maximum Gasteiger partial charge on any atom is 0.235 e. The average Bonchev–Trinajstić information content (AvgIpc) is 3.56. The van der Waals surface area contributed by atoms with Gasteiger partial charge in [-0.2, -0.15) is 0 Å². The highest BCUT2D eigenvalue weighted by atomic mass is 32.2. The molecule has 0 spiro atoms. The van der Waals surface area contributed by atoms with Crippen LogP contribution in [-0.4, -0.2) is 38.2 Å². The van der Waals surface area contributed by atoms with Gasteiger partial charge in [-0.05, 0) is 78.3 Å². The summed E-state index contributed by atoms with van der Waals surface area (Å²) >= 11 is 0. The van der Waals surface area contributed by atoms with Crippen LogP contribution in [0.4, 0.5) is 5.69 Å². The van der Waals surface area contributed by atoms with Crippen LogP contribution >= 0.6 is 0 Å². The number of amides is 1. The van der Waals surface area contributed by atoms with Gasteiger partial charge in [0.25, 0.3) is 0 Å². The summed E-state index contributed by atoms with van der Waals surface area (Å²) in [6.07, 6.45) is 2.18. The van der Waals surface area contributed by atoms with E-state index in [1.807, 2.05) is 74.5 Å². The molecule has 1 N–H and O–H groups in total. The summed E-state index contributed by atoms with van der Waals surface area (Å²) in [5, 5.41) is 3.13. The molecule has 1 aliphatic carbocycles. The summed E-state index contributed by atoms with van der Waals surface area (Å²) in [7, 11) is -1.63. The minimum Gasteiger partial charge on any atom is -0.454 e. The lowest BCUT2D eigenvalue weighted by molar-refractivity contribution is -0.118. The fraction of sp³-hybridized carbons (Fsp3) is 0.345. The fourth-order valence-corrected chi connectivity index (χ4v) is 5.96. The summed E-state index contributed by atoms with van der Waals surface area (Å²) in [5.41, 5.74) is 5.18. The van der Waals surface area contributed by atoms with E-state index >= 15 is 0 Å². The molecular weight excluding hydrogens is 488 g/mol. The van der Waals surface area contributed by atoms with Crippen molar-refractivity contribution >= 4 is 21.6 Å². The molecule has 2 aliphatic rings. The first-order valence-electron chi connectivity index (χ1n) is 12.6. The van der Waals surface area contributed by atoms with Crippen molar-refractivity contribution in [1.82, 2.24) is 4.31 Å².